The molecule has 0 spiro atoms. The maximum atomic E-state index is 12.8. The second-order valence-corrected chi connectivity index (χ2v) is 16.2. The first-order valence-corrected chi connectivity index (χ1v) is 25.4. The second kappa shape index (κ2) is 51.9. The van der Waals surface area contributed by atoms with E-state index in [-0.39, 0.29) is 44.0 Å². The zero-order chi connectivity index (χ0) is 47.2. The molecule has 0 aromatic heterocycles. The number of hydrogen-bond acceptors (Lipinski definition) is 6. The van der Waals surface area contributed by atoms with Gasteiger partial charge in [0.2, 0.25) is 0 Å². The van der Waals surface area contributed by atoms with Gasteiger partial charge in [-0.2, -0.15) is 0 Å². The maximum absolute atomic E-state index is 12.8. The van der Waals surface area contributed by atoms with Gasteiger partial charge in [0.25, 0.3) is 0 Å². The third-order valence-electron chi connectivity index (χ3n) is 9.99. The molecule has 6 nitrogen and oxygen atoms in total. The molecule has 1 unspecified atom stereocenters. The highest BCUT2D eigenvalue weighted by Gasteiger charge is 2.19. The molecule has 0 fully saturated rings. The molecule has 0 saturated carbocycles. The van der Waals surface area contributed by atoms with Gasteiger partial charge in [0.15, 0.2) is 6.10 Å². The minimum Gasteiger partial charge on any atom is -0.462 e. The van der Waals surface area contributed by atoms with Crippen molar-refractivity contribution < 1.29 is 28.6 Å². The van der Waals surface area contributed by atoms with Crippen LogP contribution in [-0.4, -0.2) is 37.2 Å². The Hall–Kier alpha value is -4.71. The first kappa shape index (κ1) is 60.3. The third-order valence-corrected chi connectivity index (χ3v) is 9.99. The molecule has 0 amide bonds. The molecule has 0 aromatic rings. The van der Waals surface area contributed by atoms with Gasteiger partial charge in [-0.25, -0.2) is 0 Å². The van der Waals surface area contributed by atoms with Gasteiger partial charge in [-0.05, 0) is 96.3 Å². The fraction of sp³-hybridized carbons (Fsp3) is 0.542. The second-order valence-electron chi connectivity index (χ2n) is 16.2. The predicted molar refractivity (Wildman–Crippen MR) is 279 cm³/mol. The molecule has 0 heterocycles. The van der Waals surface area contributed by atoms with Crippen molar-refractivity contribution in [3.8, 4) is 0 Å². The molecule has 6 heteroatoms. The normalized spacial score (nSPS) is 13.3. The molecule has 0 aromatic carbocycles. The molecule has 0 saturated heterocycles. The molecule has 362 valence electrons. The smallest absolute Gasteiger partial charge is 0.306 e. The number of hydrogen-bond donors (Lipinski definition) is 0. The molecular weight excluding hydrogens is 805 g/mol. The quantitative estimate of drug-likeness (QED) is 0.0199. The van der Waals surface area contributed by atoms with Crippen molar-refractivity contribution in [1.82, 2.24) is 0 Å². The van der Waals surface area contributed by atoms with E-state index < -0.39 is 6.10 Å². The topological polar surface area (TPSA) is 78.9 Å². The lowest BCUT2D eigenvalue weighted by atomic mass is 10.1. The van der Waals surface area contributed by atoms with Crippen LogP contribution in [0.25, 0.3) is 0 Å². The number of esters is 3. The van der Waals surface area contributed by atoms with E-state index in [1.807, 2.05) is 72.9 Å². The van der Waals surface area contributed by atoms with Gasteiger partial charge < -0.3 is 14.2 Å². The van der Waals surface area contributed by atoms with E-state index >= 15 is 0 Å². The molecular formula is C59H90O6. The van der Waals surface area contributed by atoms with Crippen molar-refractivity contribution in [3.63, 3.8) is 0 Å². The van der Waals surface area contributed by atoms with E-state index in [2.05, 4.69) is 93.7 Å². The number of ether oxygens (including phenoxy) is 3. The van der Waals surface area contributed by atoms with Crippen molar-refractivity contribution in [3.05, 3.63) is 146 Å². The standard InChI is InChI=1S/C59H90O6/c1-4-7-10-13-16-19-22-24-26-28-29-31-32-34-37-40-43-46-49-52-58(61)64-55-56(54-63-57(60)51-48-45-42-39-36-21-18-15-12-9-6-3)65-59(62)53-50-47-44-41-38-35-33-30-27-25-23-20-17-14-11-8-5-2/h7,10,13,15-20,22,24-29,31-35,37,41,44,56H,4-6,8-9,11-12,14,21,23,30,36,38-40,42-43,45-55H2,1-3H3/b10-7-,16-13-,18-15-,20-17-,22-19-,26-24-,27-25-,29-28+,32-31-,35-33-,37-34-,44-41-. The first-order chi connectivity index (χ1) is 32.0. The lowest BCUT2D eigenvalue weighted by Crippen LogP contribution is -2.30. The minimum absolute atomic E-state index is 0.126. The van der Waals surface area contributed by atoms with E-state index in [1.165, 1.54) is 51.4 Å². The molecule has 0 N–H and O–H groups in total. The predicted octanol–water partition coefficient (Wildman–Crippen LogP) is 16.9. The SMILES string of the molecule is CC\C=C/C=C\C=C/C=C\C=C\C=C/C=C\CCCCCC(=O)OCC(COC(=O)CCCCCCC/C=C\CCCC)OC(=O)CCC/C=C\C/C=C\C/C=C\C/C=C\CCCCC. The lowest BCUT2D eigenvalue weighted by Gasteiger charge is -2.18. The average Bonchev–Trinajstić information content (AvgIpc) is 3.30. The number of carbonyl (C=O) groups is 3. The largest absolute Gasteiger partial charge is 0.462 e. The molecule has 65 heavy (non-hydrogen) atoms. The molecule has 0 aliphatic rings. The van der Waals surface area contributed by atoms with E-state index in [1.54, 1.807) is 0 Å². The number of carbonyl (C=O) groups excluding carboxylic acids is 3. The summed E-state index contributed by atoms with van der Waals surface area (Å²) in [7, 11) is 0. The number of allylic oxidation sites excluding steroid dienone is 24. The highest BCUT2D eigenvalue weighted by Crippen LogP contribution is 2.11. The highest BCUT2D eigenvalue weighted by molar-refractivity contribution is 5.71. The van der Waals surface area contributed by atoms with Gasteiger partial charge >= 0.3 is 17.9 Å². The van der Waals surface area contributed by atoms with Crippen molar-refractivity contribution in [1.29, 1.82) is 0 Å². The Kier molecular flexibility index (Phi) is 48.2. The average molecular weight is 895 g/mol. The van der Waals surface area contributed by atoms with Gasteiger partial charge in [-0.15, -0.1) is 0 Å². The van der Waals surface area contributed by atoms with Crippen LogP contribution < -0.4 is 0 Å². The Morgan fingerprint density at radius 3 is 1.20 bits per heavy atom. The highest BCUT2D eigenvalue weighted by atomic mass is 16.6. The summed E-state index contributed by atoms with van der Waals surface area (Å²) in [4.78, 5) is 37.9. The van der Waals surface area contributed by atoms with Crippen LogP contribution in [-0.2, 0) is 28.6 Å². The monoisotopic (exact) mass is 895 g/mol. The van der Waals surface area contributed by atoms with Crippen molar-refractivity contribution in [2.75, 3.05) is 13.2 Å². The van der Waals surface area contributed by atoms with E-state index in [0.717, 1.165) is 83.5 Å². The van der Waals surface area contributed by atoms with Crippen LogP contribution >= 0.6 is 0 Å². The summed E-state index contributed by atoms with van der Waals surface area (Å²) in [6.45, 7) is 6.30. The van der Waals surface area contributed by atoms with Crippen LogP contribution in [0.1, 0.15) is 188 Å². The van der Waals surface area contributed by atoms with E-state index in [0.29, 0.717) is 19.3 Å². The lowest BCUT2D eigenvalue weighted by molar-refractivity contribution is -0.167. The van der Waals surface area contributed by atoms with Crippen LogP contribution in [0.15, 0.2) is 146 Å². The molecule has 0 radical (unpaired) electrons. The molecule has 0 aliphatic carbocycles. The zero-order valence-corrected chi connectivity index (χ0v) is 41.2. The fourth-order valence-electron chi connectivity index (χ4n) is 6.16. The van der Waals surface area contributed by atoms with Gasteiger partial charge in [-0.1, -0.05) is 218 Å². The Labute approximate surface area is 397 Å². The Bertz CT molecular complexity index is 1490. The van der Waals surface area contributed by atoms with Gasteiger partial charge in [0, 0.05) is 19.3 Å². The molecule has 0 bridgehead atoms. The van der Waals surface area contributed by atoms with Gasteiger partial charge in [0.1, 0.15) is 13.2 Å². The van der Waals surface area contributed by atoms with Crippen molar-refractivity contribution in [2.45, 2.75) is 194 Å². The molecule has 0 rings (SSSR count). The Balaban J connectivity index is 4.61. The van der Waals surface area contributed by atoms with E-state index in [9.17, 15) is 14.4 Å². The van der Waals surface area contributed by atoms with Crippen LogP contribution in [0.3, 0.4) is 0 Å². The van der Waals surface area contributed by atoms with Gasteiger partial charge in [0.05, 0.1) is 0 Å². The molecule has 0 aliphatic heterocycles. The summed E-state index contributed by atoms with van der Waals surface area (Å²) < 4.78 is 16.7. The van der Waals surface area contributed by atoms with Crippen LogP contribution in [0.2, 0.25) is 0 Å². The third kappa shape index (κ3) is 50.2. The van der Waals surface area contributed by atoms with Crippen molar-refractivity contribution in [2.24, 2.45) is 0 Å². The van der Waals surface area contributed by atoms with E-state index in [4.69, 9.17) is 14.2 Å². The summed E-state index contributed by atoms with van der Waals surface area (Å²) >= 11 is 0. The number of unbranched alkanes of at least 4 members (excludes halogenated alkanes) is 14. The van der Waals surface area contributed by atoms with Crippen LogP contribution in [0, 0.1) is 0 Å². The summed E-state index contributed by atoms with van der Waals surface area (Å²) in [5.41, 5.74) is 0. The molecule has 1 atom stereocenters. The maximum Gasteiger partial charge on any atom is 0.306 e. The minimum atomic E-state index is -0.835. The zero-order valence-electron chi connectivity index (χ0n) is 41.2. The van der Waals surface area contributed by atoms with Crippen molar-refractivity contribution >= 4 is 17.9 Å². The Morgan fingerprint density at radius 1 is 0.338 bits per heavy atom. The number of rotatable bonds is 43. The summed E-state index contributed by atoms with van der Waals surface area (Å²) in [6.07, 6.45) is 74.0. The summed E-state index contributed by atoms with van der Waals surface area (Å²) in [5, 5.41) is 0. The Morgan fingerprint density at radius 2 is 0.692 bits per heavy atom. The van der Waals surface area contributed by atoms with Crippen LogP contribution in [0.5, 0.6) is 0 Å². The summed E-state index contributed by atoms with van der Waals surface area (Å²) in [5.74, 6) is -1.05. The first-order valence-electron chi connectivity index (χ1n) is 25.4. The fourth-order valence-corrected chi connectivity index (χ4v) is 6.16. The van der Waals surface area contributed by atoms with Gasteiger partial charge in [-0.3, -0.25) is 14.4 Å². The van der Waals surface area contributed by atoms with Crippen LogP contribution in [0.4, 0.5) is 0 Å². The summed E-state index contributed by atoms with van der Waals surface area (Å²) in [6, 6.07) is 0.